The molecule has 6 nitrogen and oxygen atoms in total. The zero-order valence-electron chi connectivity index (χ0n) is 16.7. The van der Waals surface area contributed by atoms with Gasteiger partial charge in [0.05, 0.1) is 18.8 Å². The molecule has 0 atom stereocenters. The molecular weight excluding hydrogens is 354 g/mol. The Hall–Kier alpha value is -3.02. The molecule has 2 aromatic carbocycles. The van der Waals surface area contributed by atoms with Crippen molar-refractivity contribution in [1.29, 1.82) is 0 Å². The number of benzene rings is 2. The van der Waals surface area contributed by atoms with Crippen LogP contribution in [0.3, 0.4) is 0 Å². The first-order valence-electron chi connectivity index (χ1n) is 9.63. The molecule has 6 heteroatoms. The highest BCUT2D eigenvalue weighted by Gasteiger charge is 2.09. The van der Waals surface area contributed by atoms with Crippen LogP contribution in [0.25, 0.3) is 0 Å². The van der Waals surface area contributed by atoms with Crippen LogP contribution >= 0.6 is 0 Å². The van der Waals surface area contributed by atoms with E-state index in [4.69, 9.17) is 4.74 Å². The fourth-order valence-electron chi connectivity index (χ4n) is 2.44. The minimum absolute atomic E-state index is 0.0819. The number of nitrogens with one attached hydrogen (secondary N) is 3. The maximum absolute atomic E-state index is 12.3. The van der Waals surface area contributed by atoms with E-state index in [0.29, 0.717) is 41.8 Å². The molecule has 0 fully saturated rings. The molecule has 0 aromatic heterocycles. The molecule has 3 N–H and O–H groups in total. The second-order valence-corrected chi connectivity index (χ2v) is 6.94. The molecule has 2 rings (SSSR count). The molecule has 0 radical (unpaired) electrons. The van der Waals surface area contributed by atoms with Crippen LogP contribution in [0.1, 0.15) is 37.6 Å². The molecule has 0 saturated carbocycles. The van der Waals surface area contributed by atoms with Crippen LogP contribution in [0.15, 0.2) is 48.5 Å². The van der Waals surface area contributed by atoms with E-state index >= 15 is 0 Å². The van der Waals surface area contributed by atoms with Crippen molar-refractivity contribution in [2.24, 2.45) is 5.92 Å². The summed E-state index contributed by atoms with van der Waals surface area (Å²) in [6.07, 6.45) is 0.881. The summed E-state index contributed by atoms with van der Waals surface area (Å²) in [4.78, 5) is 24.4. The van der Waals surface area contributed by atoms with E-state index in [1.54, 1.807) is 18.2 Å². The lowest BCUT2D eigenvalue weighted by Crippen LogP contribution is -2.24. The van der Waals surface area contributed by atoms with Crippen molar-refractivity contribution >= 4 is 23.2 Å². The Kier molecular flexibility index (Phi) is 8.34. The van der Waals surface area contributed by atoms with Gasteiger partial charge in [-0.05, 0) is 42.7 Å². The van der Waals surface area contributed by atoms with Crippen molar-refractivity contribution in [3.8, 4) is 5.75 Å². The molecule has 0 aliphatic rings. The second-order valence-electron chi connectivity index (χ2n) is 6.94. The molecule has 0 aliphatic heterocycles. The van der Waals surface area contributed by atoms with Crippen molar-refractivity contribution < 1.29 is 14.3 Å². The number of amides is 2. The fraction of sp³-hybridized carbons (Fsp3) is 0.364. The Balaban J connectivity index is 1.92. The topological polar surface area (TPSA) is 79.5 Å². The molecule has 0 saturated heterocycles. The molecule has 0 spiro atoms. The zero-order chi connectivity index (χ0) is 20.4. The average molecular weight is 383 g/mol. The number of carbonyl (C=O) groups is 2. The quantitative estimate of drug-likeness (QED) is 0.581. The van der Waals surface area contributed by atoms with Gasteiger partial charge in [0.25, 0.3) is 5.91 Å². The van der Waals surface area contributed by atoms with Crippen LogP contribution in [0.5, 0.6) is 5.75 Å². The van der Waals surface area contributed by atoms with Gasteiger partial charge < -0.3 is 20.7 Å². The minimum Gasteiger partial charge on any atom is -0.491 e. The monoisotopic (exact) mass is 383 g/mol. The van der Waals surface area contributed by atoms with Gasteiger partial charge in [0.15, 0.2) is 0 Å². The molecule has 0 aliphatic carbocycles. The van der Waals surface area contributed by atoms with Crippen molar-refractivity contribution in [2.75, 3.05) is 30.3 Å². The first kappa shape index (κ1) is 21.3. The van der Waals surface area contributed by atoms with E-state index in [0.717, 1.165) is 6.42 Å². The average Bonchev–Trinajstić information content (AvgIpc) is 2.70. The predicted octanol–water partition coefficient (Wildman–Crippen LogP) is 3.91. The van der Waals surface area contributed by atoms with Crippen molar-refractivity contribution in [1.82, 2.24) is 5.32 Å². The van der Waals surface area contributed by atoms with E-state index in [9.17, 15) is 9.59 Å². The standard InChI is InChI=1S/C22H29N3O3/c1-4-12-23-22(27)17-8-7-9-18(13-17)24-14-21(26)25-19-10-5-6-11-20(19)28-15-16(2)3/h5-11,13,16,24H,4,12,14-15H2,1-3H3,(H,23,27)(H,25,26). The summed E-state index contributed by atoms with van der Waals surface area (Å²) in [5.74, 6) is 0.735. The Morgan fingerprint density at radius 3 is 2.61 bits per heavy atom. The lowest BCUT2D eigenvalue weighted by atomic mass is 10.2. The molecule has 0 unspecified atom stereocenters. The van der Waals surface area contributed by atoms with Crippen LogP contribution in [0, 0.1) is 5.92 Å². The van der Waals surface area contributed by atoms with Gasteiger partial charge in [-0.1, -0.05) is 39.0 Å². The minimum atomic E-state index is -0.193. The van der Waals surface area contributed by atoms with Gasteiger partial charge in [0.2, 0.25) is 5.91 Å². The van der Waals surface area contributed by atoms with Crippen molar-refractivity contribution in [3.05, 3.63) is 54.1 Å². The van der Waals surface area contributed by atoms with Crippen molar-refractivity contribution in [3.63, 3.8) is 0 Å². The predicted molar refractivity (Wildman–Crippen MR) is 113 cm³/mol. The zero-order valence-corrected chi connectivity index (χ0v) is 16.7. The molecule has 150 valence electrons. The number of rotatable bonds is 10. The normalized spacial score (nSPS) is 10.4. The smallest absolute Gasteiger partial charge is 0.251 e. The van der Waals surface area contributed by atoms with E-state index in [2.05, 4.69) is 29.8 Å². The molecule has 0 bridgehead atoms. The van der Waals surface area contributed by atoms with E-state index in [-0.39, 0.29) is 18.4 Å². The van der Waals surface area contributed by atoms with Gasteiger partial charge in [-0.15, -0.1) is 0 Å². The van der Waals surface area contributed by atoms with Crippen LogP contribution in [0.2, 0.25) is 0 Å². The molecule has 2 aromatic rings. The fourth-order valence-corrected chi connectivity index (χ4v) is 2.44. The van der Waals surface area contributed by atoms with Crippen LogP contribution < -0.4 is 20.7 Å². The van der Waals surface area contributed by atoms with Gasteiger partial charge in [-0.2, -0.15) is 0 Å². The van der Waals surface area contributed by atoms with Gasteiger partial charge in [0, 0.05) is 17.8 Å². The third kappa shape index (κ3) is 6.95. The summed E-state index contributed by atoms with van der Waals surface area (Å²) in [5.41, 5.74) is 1.91. The largest absolute Gasteiger partial charge is 0.491 e. The third-order valence-electron chi connectivity index (χ3n) is 3.85. The van der Waals surface area contributed by atoms with E-state index < -0.39 is 0 Å². The van der Waals surface area contributed by atoms with Crippen molar-refractivity contribution in [2.45, 2.75) is 27.2 Å². The summed E-state index contributed by atoms with van der Waals surface area (Å²) >= 11 is 0. The Labute approximate surface area is 166 Å². The highest BCUT2D eigenvalue weighted by molar-refractivity contribution is 5.96. The molecule has 28 heavy (non-hydrogen) atoms. The van der Waals surface area contributed by atoms with Crippen LogP contribution in [0.4, 0.5) is 11.4 Å². The maximum Gasteiger partial charge on any atom is 0.251 e. The number of hydrogen-bond donors (Lipinski definition) is 3. The first-order chi connectivity index (χ1) is 13.5. The number of carbonyl (C=O) groups excluding carboxylic acids is 2. The summed E-state index contributed by atoms with van der Waals surface area (Å²) < 4.78 is 5.76. The Morgan fingerprint density at radius 1 is 1.07 bits per heavy atom. The maximum atomic E-state index is 12.3. The Bertz CT molecular complexity index is 790. The number of hydrogen-bond acceptors (Lipinski definition) is 4. The Morgan fingerprint density at radius 2 is 1.86 bits per heavy atom. The lowest BCUT2D eigenvalue weighted by molar-refractivity contribution is -0.114. The second kappa shape index (κ2) is 11.0. The van der Waals surface area contributed by atoms with Gasteiger partial charge in [0.1, 0.15) is 5.75 Å². The van der Waals surface area contributed by atoms with Gasteiger partial charge in [-0.3, -0.25) is 9.59 Å². The SMILES string of the molecule is CCCNC(=O)c1cccc(NCC(=O)Nc2ccccc2OCC(C)C)c1. The van der Waals surface area contributed by atoms with E-state index in [1.165, 1.54) is 0 Å². The molecular formula is C22H29N3O3. The van der Waals surface area contributed by atoms with E-state index in [1.807, 2.05) is 37.3 Å². The number of ether oxygens (including phenoxy) is 1. The summed E-state index contributed by atoms with van der Waals surface area (Å²) in [6, 6.07) is 14.5. The third-order valence-corrected chi connectivity index (χ3v) is 3.85. The lowest BCUT2D eigenvalue weighted by Gasteiger charge is -2.14. The van der Waals surface area contributed by atoms with Gasteiger partial charge in [-0.25, -0.2) is 0 Å². The summed E-state index contributed by atoms with van der Waals surface area (Å²) in [5, 5.41) is 8.76. The number of para-hydroxylation sites is 2. The number of anilines is 2. The summed E-state index contributed by atoms with van der Waals surface area (Å²) in [6.45, 7) is 7.44. The first-order valence-corrected chi connectivity index (χ1v) is 9.63. The molecule has 2 amide bonds. The summed E-state index contributed by atoms with van der Waals surface area (Å²) in [7, 11) is 0. The molecule has 0 heterocycles. The highest BCUT2D eigenvalue weighted by Crippen LogP contribution is 2.24. The highest BCUT2D eigenvalue weighted by atomic mass is 16.5. The van der Waals surface area contributed by atoms with Gasteiger partial charge >= 0.3 is 0 Å². The van der Waals surface area contributed by atoms with Crippen LogP contribution in [-0.2, 0) is 4.79 Å². The van der Waals surface area contributed by atoms with Crippen LogP contribution in [-0.4, -0.2) is 31.5 Å².